The van der Waals surface area contributed by atoms with Crippen molar-refractivity contribution >= 4 is 17.5 Å². The second-order valence-electron chi connectivity index (χ2n) is 8.75. The van der Waals surface area contributed by atoms with E-state index in [1.807, 2.05) is 60.7 Å². The molecule has 5 aromatic rings. The molecule has 1 atom stereocenters. The molecule has 39 heavy (non-hydrogen) atoms. The van der Waals surface area contributed by atoms with Gasteiger partial charge in [0.05, 0.1) is 6.20 Å². The number of carbonyl (C=O) groups excluding carboxylic acids is 1. The number of imidazole rings is 1. The molecular formula is C31H24N4O4. The topological polar surface area (TPSA) is 106 Å². The van der Waals surface area contributed by atoms with Crippen LogP contribution in [0.2, 0.25) is 0 Å². The SMILES string of the molecule is O=C(NC(Cc1ccc(OCc2ccccc2)cc1)C(=O)O)c1cn2nc(C#Cc3ccccc3)ccc2n1. The molecular weight excluding hydrogens is 492 g/mol. The summed E-state index contributed by atoms with van der Waals surface area (Å²) in [6.45, 7) is 0.433. The van der Waals surface area contributed by atoms with Gasteiger partial charge in [0.1, 0.15) is 29.8 Å². The maximum atomic E-state index is 12.9. The first kappa shape index (κ1) is 25.2. The summed E-state index contributed by atoms with van der Waals surface area (Å²) in [4.78, 5) is 29.1. The van der Waals surface area contributed by atoms with E-state index in [4.69, 9.17) is 4.74 Å². The Hall–Kier alpha value is -5.42. The fourth-order valence-corrected chi connectivity index (χ4v) is 3.85. The number of carboxylic acid groups (broad SMARTS) is 1. The van der Waals surface area contributed by atoms with Gasteiger partial charge in [-0.25, -0.2) is 14.3 Å². The fourth-order valence-electron chi connectivity index (χ4n) is 3.85. The molecule has 192 valence electrons. The molecule has 0 fully saturated rings. The largest absolute Gasteiger partial charge is 0.489 e. The fraction of sp³-hybridized carbons (Fsp3) is 0.0968. The Bertz CT molecular complexity index is 1650. The van der Waals surface area contributed by atoms with Crippen molar-refractivity contribution in [3.05, 3.63) is 131 Å². The number of aromatic nitrogens is 3. The molecule has 0 bridgehead atoms. The van der Waals surface area contributed by atoms with Gasteiger partial charge in [0.25, 0.3) is 5.91 Å². The van der Waals surface area contributed by atoms with Crippen LogP contribution in [0.5, 0.6) is 5.75 Å². The van der Waals surface area contributed by atoms with Crippen LogP contribution in [0.4, 0.5) is 0 Å². The average molecular weight is 517 g/mol. The van der Waals surface area contributed by atoms with Crippen LogP contribution in [-0.2, 0) is 17.8 Å². The summed E-state index contributed by atoms with van der Waals surface area (Å²) >= 11 is 0. The van der Waals surface area contributed by atoms with Gasteiger partial charge in [-0.15, -0.1) is 0 Å². The molecule has 0 aliphatic rings. The summed E-state index contributed by atoms with van der Waals surface area (Å²) in [6.07, 6.45) is 1.56. The minimum atomic E-state index is -1.15. The van der Waals surface area contributed by atoms with E-state index in [0.717, 1.165) is 16.7 Å². The summed E-state index contributed by atoms with van der Waals surface area (Å²) in [5.74, 6) is 4.95. The highest BCUT2D eigenvalue weighted by molar-refractivity contribution is 5.95. The van der Waals surface area contributed by atoms with Gasteiger partial charge < -0.3 is 15.2 Å². The molecule has 0 saturated carbocycles. The predicted octanol–water partition coefficient (Wildman–Crippen LogP) is 4.13. The summed E-state index contributed by atoms with van der Waals surface area (Å²) in [6, 6.07) is 28.7. The molecule has 8 heteroatoms. The second kappa shape index (κ2) is 11.8. The van der Waals surface area contributed by atoms with Gasteiger partial charge in [-0.1, -0.05) is 66.6 Å². The van der Waals surface area contributed by atoms with Crippen LogP contribution in [0.25, 0.3) is 5.65 Å². The first-order chi connectivity index (χ1) is 19.0. The van der Waals surface area contributed by atoms with E-state index in [1.54, 1.807) is 36.4 Å². The van der Waals surface area contributed by atoms with Crippen molar-refractivity contribution in [3.8, 4) is 17.6 Å². The Morgan fingerprint density at radius 2 is 1.59 bits per heavy atom. The Morgan fingerprint density at radius 3 is 2.31 bits per heavy atom. The van der Waals surface area contributed by atoms with Crippen molar-refractivity contribution in [3.63, 3.8) is 0 Å². The number of amides is 1. The van der Waals surface area contributed by atoms with Crippen LogP contribution in [0.1, 0.15) is 32.9 Å². The number of hydrogen-bond acceptors (Lipinski definition) is 5. The Kier molecular flexibility index (Phi) is 7.61. The number of ether oxygens (including phenoxy) is 1. The number of carboxylic acids is 1. The lowest BCUT2D eigenvalue weighted by Crippen LogP contribution is -2.42. The molecule has 0 spiro atoms. The molecule has 1 amide bonds. The minimum Gasteiger partial charge on any atom is -0.489 e. The number of nitrogens with zero attached hydrogens (tertiary/aromatic N) is 3. The zero-order valence-corrected chi connectivity index (χ0v) is 20.8. The van der Waals surface area contributed by atoms with Gasteiger partial charge in [0, 0.05) is 12.0 Å². The number of fused-ring (bicyclic) bond motifs is 1. The van der Waals surface area contributed by atoms with Crippen molar-refractivity contribution in [2.45, 2.75) is 19.1 Å². The lowest BCUT2D eigenvalue weighted by Gasteiger charge is -2.14. The summed E-state index contributed by atoms with van der Waals surface area (Å²) in [5, 5.41) is 16.7. The van der Waals surface area contributed by atoms with E-state index in [1.165, 1.54) is 10.7 Å². The smallest absolute Gasteiger partial charge is 0.326 e. The number of nitrogens with one attached hydrogen (secondary N) is 1. The van der Waals surface area contributed by atoms with Crippen molar-refractivity contribution in [1.29, 1.82) is 0 Å². The van der Waals surface area contributed by atoms with Gasteiger partial charge in [-0.2, -0.15) is 5.10 Å². The molecule has 1 unspecified atom stereocenters. The molecule has 2 aromatic heterocycles. The third-order valence-electron chi connectivity index (χ3n) is 5.88. The Labute approximate surface area is 224 Å². The number of rotatable bonds is 8. The zero-order chi connectivity index (χ0) is 27.0. The molecule has 2 N–H and O–H groups in total. The zero-order valence-electron chi connectivity index (χ0n) is 20.8. The van der Waals surface area contributed by atoms with Crippen LogP contribution in [-0.4, -0.2) is 37.6 Å². The average Bonchev–Trinajstić information content (AvgIpc) is 3.40. The second-order valence-corrected chi connectivity index (χ2v) is 8.75. The van der Waals surface area contributed by atoms with Crippen molar-refractivity contribution in [1.82, 2.24) is 19.9 Å². The quantitative estimate of drug-likeness (QED) is 0.301. The Morgan fingerprint density at radius 1 is 0.872 bits per heavy atom. The number of benzene rings is 3. The van der Waals surface area contributed by atoms with Gasteiger partial charge in [-0.05, 0) is 53.4 Å². The van der Waals surface area contributed by atoms with E-state index in [9.17, 15) is 14.7 Å². The summed E-state index contributed by atoms with van der Waals surface area (Å²) < 4.78 is 7.24. The van der Waals surface area contributed by atoms with E-state index in [2.05, 4.69) is 27.2 Å². The molecule has 0 aliphatic carbocycles. The maximum absolute atomic E-state index is 12.9. The van der Waals surface area contributed by atoms with E-state index >= 15 is 0 Å². The molecule has 0 radical (unpaired) electrons. The third-order valence-corrected chi connectivity index (χ3v) is 5.88. The van der Waals surface area contributed by atoms with E-state index in [0.29, 0.717) is 23.7 Å². The van der Waals surface area contributed by atoms with Gasteiger partial charge in [0.2, 0.25) is 0 Å². The third kappa shape index (κ3) is 6.67. The van der Waals surface area contributed by atoms with Gasteiger partial charge in [0.15, 0.2) is 5.65 Å². The standard InChI is InChI=1S/C31H24N4O4/c36-30(28-20-35-29(32-28)18-15-25(34-35)14-11-22-7-3-1-4-8-22)33-27(31(37)38)19-23-12-16-26(17-13-23)39-21-24-9-5-2-6-10-24/h1-10,12-13,15-18,20,27H,19,21H2,(H,33,36)(H,37,38). The predicted molar refractivity (Wildman–Crippen MR) is 145 cm³/mol. The minimum absolute atomic E-state index is 0.0616. The summed E-state index contributed by atoms with van der Waals surface area (Å²) in [5.41, 5.74) is 3.67. The molecule has 3 aromatic carbocycles. The summed E-state index contributed by atoms with van der Waals surface area (Å²) in [7, 11) is 0. The highest BCUT2D eigenvalue weighted by Crippen LogP contribution is 2.16. The van der Waals surface area contributed by atoms with Crippen LogP contribution in [0, 0.1) is 11.8 Å². The first-order valence-corrected chi connectivity index (χ1v) is 12.3. The van der Waals surface area contributed by atoms with Crippen molar-refractivity contribution in [2.24, 2.45) is 0 Å². The highest BCUT2D eigenvalue weighted by Gasteiger charge is 2.23. The van der Waals surface area contributed by atoms with Crippen molar-refractivity contribution < 1.29 is 19.4 Å². The first-order valence-electron chi connectivity index (χ1n) is 12.3. The van der Waals surface area contributed by atoms with E-state index < -0.39 is 17.9 Å². The van der Waals surface area contributed by atoms with Crippen LogP contribution in [0.3, 0.4) is 0 Å². The van der Waals surface area contributed by atoms with Crippen LogP contribution < -0.4 is 10.1 Å². The van der Waals surface area contributed by atoms with E-state index in [-0.39, 0.29) is 12.1 Å². The number of aliphatic carboxylic acids is 1. The van der Waals surface area contributed by atoms with Gasteiger partial charge >= 0.3 is 5.97 Å². The molecule has 2 heterocycles. The normalized spacial score (nSPS) is 11.3. The van der Waals surface area contributed by atoms with Crippen LogP contribution >= 0.6 is 0 Å². The van der Waals surface area contributed by atoms with Crippen molar-refractivity contribution in [2.75, 3.05) is 0 Å². The number of carbonyl (C=O) groups is 2. The number of hydrogen-bond donors (Lipinski definition) is 2. The molecule has 5 rings (SSSR count). The lowest BCUT2D eigenvalue weighted by molar-refractivity contribution is -0.139. The van der Waals surface area contributed by atoms with Crippen LogP contribution in [0.15, 0.2) is 103 Å². The Balaban J connectivity index is 1.22. The lowest BCUT2D eigenvalue weighted by atomic mass is 10.1. The highest BCUT2D eigenvalue weighted by atomic mass is 16.5. The molecule has 0 saturated heterocycles. The maximum Gasteiger partial charge on any atom is 0.326 e. The molecule has 0 aliphatic heterocycles. The molecule has 8 nitrogen and oxygen atoms in total. The van der Waals surface area contributed by atoms with Gasteiger partial charge in [-0.3, -0.25) is 4.79 Å². The monoisotopic (exact) mass is 516 g/mol.